The number of hydrogen-bond acceptors (Lipinski definition) is 4. The third-order valence-electron chi connectivity index (χ3n) is 4.98. The van der Waals surface area contributed by atoms with Gasteiger partial charge in [-0.1, -0.05) is 6.07 Å². The minimum absolute atomic E-state index is 0.350. The molecule has 0 bridgehead atoms. The van der Waals surface area contributed by atoms with E-state index in [0.717, 1.165) is 22.6 Å². The summed E-state index contributed by atoms with van der Waals surface area (Å²) in [5.74, 6) is 0.779. The molecule has 1 saturated heterocycles. The molecule has 0 saturated carbocycles. The van der Waals surface area contributed by atoms with E-state index in [-0.39, 0.29) is 0 Å². The monoisotopic (exact) mass is 419 g/mol. The third-order valence-corrected chi connectivity index (χ3v) is 7.24. The first-order valence-electron chi connectivity index (χ1n) is 9.08. The van der Waals surface area contributed by atoms with Crippen LogP contribution >= 0.6 is 12.2 Å². The highest BCUT2D eigenvalue weighted by atomic mass is 32.2. The van der Waals surface area contributed by atoms with Crippen LogP contribution in [0.25, 0.3) is 0 Å². The number of anilines is 1. The lowest BCUT2D eigenvalue weighted by Crippen LogP contribution is -2.51. The van der Waals surface area contributed by atoms with Gasteiger partial charge in [-0.3, -0.25) is 0 Å². The molecule has 2 aromatic carbocycles. The summed E-state index contributed by atoms with van der Waals surface area (Å²) in [4.78, 5) is 2.34. The molecule has 0 spiro atoms. The molecule has 8 heteroatoms. The van der Waals surface area contributed by atoms with Gasteiger partial charge in [0.15, 0.2) is 5.11 Å². The van der Waals surface area contributed by atoms with Gasteiger partial charge in [0.1, 0.15) is 5.75 Å². The number of methoxy groups -OCH3 is 1. The lowest BCUT2D eigenvalue weighted by Gasteiger charge is -2.35. The quantitative estimate of drug-likeness (QED) is 0.769. The van der Waals surface area contributed by atoms with E-state index in [1.807, 2.05) is 49.1 Å². The largest absolute Gasteiger partial charge is 0.497 e. The van der Waals surface area contributed by atoms with Crippen LogP contribution in [0.15, 0.2) is 47.4 Å². The van der Waals surface area contributed by atoms with Crippen LogP contribution in [0.3, 0.4) is 0 Å². The molecule has 3 rings (SSSR count). The Labute approximate surface area is 172 Å². The maximum Gasteiger partial charge on any atom is 0.243 e. The maximum absolute atomic E-state index is 12.9. The standard InChI is InChI=1S/C20H25N3O3S2/c1-15-4-9-19(14-16(15)2)28(24,25)23-12-10-22(11-13-23)20(27)21-17-5-7-18(26-3)8-6-17/h4-9,14H,10-13H2,1-3H3,(H,21,27). The number of rotatable bonds is 4. The number of hydrogen-bond donors (Lipinski definition) is 1. The van der Waals surface area contributed by atoms with Crippen molar-refractivity contribution in [1.29, 1.82) is 0 Å². The normalized spacial score (nSPS) is 15.3. The Hall–Kier alpha value is -2.16. The number of nitrogens with zero attached hydrogens (tertiary/aromatic N) is 2. The van der Waals surface area contributed by atoms with Gasteiger partial charge in [0.2, 0.25) is 10.0 Å². The summed E-state index contributed by atoms with van der Waals surface area (Å²) >= 11 is 5.49. The van der Waals surface area contributed by atoms with E-state index in [1.165, 1.54) is 4.31 Å². The van der Waals surface area contributed by atoms with Crippen LogP contribution in [0.1, 0.15) is 11.1 Å². The van der Waals surface area contributed by atoms with Crippen molar-refractivity contribution in [2.75, 3.05) is 38.6 Å². The molecule has 1 fully saturated rings. The lowest BCUT2D eigenvalue weighted by molar-refractivity contribution is 0.268. The van der Waals surface area contributed by atoms with Gasteiger partial charge < -0.3 is 15.0 Å². The summed E-state index contributed by atoms with van der Waals surface area (Å²) in [7, 11) is -1.86. The molecule has 0 radical (unpaired) electrons. The number of sulfonamides is 1. The van der Waals surface area contributed by atoms with E-state index in [4.69, 9.17) is 17.0 Å². The van der Waals surface area contributed by atoms with Crippen molar-refractivity contribution in [3.05, 3.63) is 53.6 Å². The van der Waals surface area contributed by atoms with Crippen LogP contribution in [0, 0.1) is 13.8 Å². The number of thiocarbonyl (C=S) groups is 1. The Balaban J connectivity index is 1.61. The predicted octanol–water partition coefficient (Wildman–Crippen LogP) is 3.02. The minimum atomic E-state index is -3.49. The highest BCUT2D eigenvalue weighted by molar-refractivity contribution is 7.89. The van der Waals surface area contributed by atoms with Crippen LogP contribution in [0.5, 0.6) is 5.75 Å². The van der Waals surface area contributed by atoms with E-state index in [9.17, 15) is 8.42 Å². The summed E-state index contributed by atoms with van der Waals surface area (Å²) < 4.78 is 32.5. The van der Waals surface area contributed by atoms with Gasteiger partial charge in [0.25, 0.3) is 0 Å². The second kappa shape index (κ2) is 8.46. The smallest absolute Gasteiger partial charge is 0.243 e. The summed E-state index contributed by atoms with van der Waals surface area (Å²) in [5.41, 5.74) is 2.93. The van der Waals surface area contributed by atoms with Gasteiger partial charge in [0, 0.05) is 31.9 Å². The van der Waals surface area contributed by atoms with Gasteiger partial charge >= 0.3 is 0 Å². The highest BCUT2D eigenvalue weighted by Gasteiger charge is 2.29. The molecule has 0 amide bonds. The van der Waals surface area contributed by atoms with E-state index in [2.05, 4.69) is 5.32 Å². The Bertz CT molecular complexity index is 951. The highest BCUT2D eigenvalue weighted by Crippen LogP contribution is 2.21. The number of aryl methyl sites for hydroxylation is 2. The molecule has 0 unspecified atom stereocenters. The zero-order valence-electron chi connectivity index (χ0n) is 16.3. The molecule has 1 heterocycles. The van der Waals surface area contributed by atoms with Crippen LogP contribution in [0.4, 0.5) is 5.69 Å². The third kappa shape index (κ3) is 4.45. The van der Waals surface area contributed by atoms with Crippen LogP contribution in [-0.4, -0.2) is 56.0 Å². The fourth-order valence-electron chi connectivity index (χ4n) is 3.03. The predicted molar refractivity (Wildman–Crippen MR) is 115 cm³/mol. The zero-order valence-corrected chi connectivity index (χ0v) is 17.9. The zero-order chi connectivity index (χ0) is 20.3. The summed E-state index contributed by atoms with van der Waals surface area (Å²) in [6, 6.07) is 12.8. The molecule has 1 aliphatic heterocycles. The molecule has 1 aliphatic rings. The lowest BCUT2D eigenvalue weighted by atomic mass is 10.1. The second-order valence-electron chi connectivity index (χ2n) is 6.80. The molecule has 2 aromatic rings. The van der Waals surface area contributed by atoms with Crippen LogP contribution < -0.4 is 10.1 Å². The van der Waals surface area contributed by atoms with Gasteiger partial charge in [0.05, 0.1) is 12.0 Å². The average molecular weight is 420 g/mol. The minimum Gasteiger partial charge on any atom is -0.497 e. The Morgan fingerprint density at radius 2 is 1.64 bits per heavy atom. The molecule has 28 heavy (non-hydrogen) atoms. The van der Waals surface area contributed by atoms with E-state index >= 15 is 0 Å². The van der Waals surface area contributed by atoms with Crippen LogP contribution in [-0.2, 0) is 10.0 Å². The van der Waals surface area contributed by atoms with Crippen molar-refractivity contribution in [3.8, 4) is 5.75 Å². The first-order valence-corrected chi connectivity index (χ1v) is 10.9. The number of piperazine rings is 1. The van der Waals surface area contributed by atoms with Crippen molar-refractivity contribution in [2.24, 2.45) is 0 Å². The fraction of sp³-hybridized carbons (Fsp3) is 0.350. The van der Waals surface area contributed by atoms with E-state index < -0.39 is 10.0 Å². The first-order chi connectivity index (χ1) is 13.3. The van der Waals surface area contributed by atoms with Crippen molar-refractivity contribution in [2.45, 2.75) is 18.7 Å². The molecular formula is C20H25N3O3S2. The SMILES string of the molecule is COc1ccc(NC(=S)N2CCN(S(=O)(=O)c3ccc(C)c(C)c3)CC2)cc1. The molecule has 6 nitrogen and oxygen atoms in total. The van der Waals surface area contributed by atoms with Crippen LogP contribution in [0.2, 0.25) is 0 Å². The summed E-state index contributed by atoms with van der Waals surface area (Å²) in [6.45, 7) is 5.80. The Morgan fingerprint density at radius 1 is 1.00 bits per heavy atom. The molecule has 150 valence electrons. The molecular weight excluding hydrogens is 394 g/mol. The van der Waals surface area contributed by atoms with Gasteiger partial charge in [-0.05, 0) is 73.6 Å². The molecule has 1 N–H and O–H groups in total. The van der Waals surface area contributed by atoms with E-state index in [1.54, 1.807) is 19.2 Å². The second-order valence-corrected chi connectivity index (χ2v) is 9.12. The first kappa shape index (κ1) is 20.6. The van der Waals surface area contributed by atoms with Crippen molar-refractivity contribution >= 4 is 33.0 Å². The molecule has 0 aliphatic carbocycles. The fourth-order valence-corrected chi connectivity index (χ4v) is 4.84. The van der Waals surface area contributed by atoms with Crippen molar-refractivity contribution in [1.82, 2.24) is 9.21 Å². The van der Waals surface area contributed by atoms with Gasteiger partial charge in [-0.15, -0.1) is 0 Å². The summed E-state index contributed by atoms with van der Waals surface area (Å²) in [5, 5.41) is 3.79. The molecule has 0 atom stereocenters. The maximum atomic E-state index is 12.9. The van der Waals surface area contributed by atoms with Crippen molar-refractivity contribution in [3.63, 3.8) is 0 Å². The average Bonchev–Trinajstić information content (AvgIpc) is 2.70. The topological polar surface area (TPSA) is 61.9 Å². The van der Waals surface area contributed by atoms with Gasteiger partial charge in [-0.2, -0.15) is 4.31 Å². The Kier molecular flexibility index (Phi) is 6.22. The number of benzene rings is 2. The van der Waals surface area contributed by atoms with Gasteiger partial charge in [-0.25, -0.2) is 8.42 Å². The Morgan fingerprint density at radius 3 is 2.21 bits per heavy atom. The number of nitrogens with one attached hydrogen (secondary N) is 1. The van der Waals surface area contributed by atoms with Crippen molar-refractivity contribution < 1.29 is 13.2 Å². The molecule has 0 aromatic heterocycles. The van der Waals surface area contributed by atoms with E-state index in [0.29, 0.717) is 36.2 Å². The summed E-state index contributed by atoms with van der Waals surface area (Å²) in [6.07, 6.45) is 0. The number of ether oxygens (including phenoxy) is 1.